The topological polar surface area (TPSA) is 38.8 Å². The lowest BCUT2D eigenvalue weighted by Gasteiger charge is -2.21. The maximum Gasteiger partial charge on any atom is 0.176 e. The van der Waals surface area contributed by atoms with Crippen LogP contribution in [0, 0.1) is 0 Å². The Balaban J connectivity index is 2.62. The van der Waals surface area contributed by atoms with Gasteiger partial charge in [0.2, 0.25) is 0 Å². The summed E-state index contributed by atoms with van der Waals surface area (Å²) in [6.07, 6.45) is 0.870. The van der Waals surface area contributed by atoms with Crippen molar-refractivity contribution in [3.63, 3.8) is 0 Å². The van der Waals surface area contributed by atoms with Crippen molar-refractivity contribution in [1.29, 1.82) is 0 Å². The molecule has 0 aromatic heterocycles. The van der Waals surface area contributed by atoms with E-state index in [1.54, 1.807) is 32.4 Å². The first kappa shape index (κ1) is 18.4. The third-order valence-electron chi connectivity index (χ3n) is 3.04. The van der Waals surface area contributed by atoms with E-state index < -0.39 is 0 Å². The van der Waals surface area contributed by atoms with Crippen molar-refractivity contribution in [1.82, 2.24) is 4.90 Å². The molecule has 0 spiro atoms. The summed E-state index contributed by atoms with van der Waals surface area (Å²) < 4.78 is 10.1. The fraction of sp³-hybridized carbons (Fsp3) is 0.533. The highest BCUT2D eigenvalue weighted by molar-refractivity contribution is 6.42. The van der Waals surface area contributed by atoms with Crippen LogP contribution in [0.5, 0.6) is 0 Å². The van der Waals surface area contributed by atoms with Crippen LogP contribution in [0.25, 0.3) is 0 Å². The molecule has 0 saturated carbocycles. The van der Waals surface area contributed by atoms with E-state index in [0.29, 0.717) is 41.9 Å². The van der Waals surface area contributed by atoms with Crippen LogP contribution in [0.4, 0.5) is 0 Å². The average molecular weight is 334 g/mol. The highest BCUT2D eigenvalue weighted by atomic mass is 35.5. The molecule has 0 atom stereocenters. The van der Waals surface area contributed by atoms with Crippen LogP contribution in [0.15, 0.2) is 18.2 Å². The van der Waals surface area contributed by atoms with E-state index in [4.69, 9.17) is 32.7 Å². The molecule has 1 aromatic rings. The van der Waals surface area contributed by atoms with Crippen molar-refractivity contribution in [2.45, 2.75) is 6.42 Å². The van der Waals surface area contributed by atoms with Crippen molar-refractivity contribution in [3.8, 4) is 0 Å². The van der Waals surface area contributed by atoms with Gasteiger partial charge in [0, 0.05) is 39.5 Å². The minimum atomic E-state index is 0.0158. The second-order valence-corrected chi connectivity index (χ2v) is 5.48. The van der Waals surface area contributed by atoms with Crippen molar-refractivity contribution < 1.29 is 14.3 Å². The molecule has 0 aliphatic heterocycles. The number of methoxy groups -OCH3 is 2. The molecule has 0 bridgehead atoms. The molecule has 0 N–H and O–H groups in total. The third kappa shape index (κ3) is 6.76. The summed E-state index contributed by atoms with van der Waals surface area (Å²) in [5.41, 5.74) is 0.568. The Kier molecular flexibility index (Phi) is 8.88. The summed E-state index contributed by atoms with van der Waals surface area (Å²) in [7, 11) is 3.31. The fourth-order valence-corrected chi connectivity index (χ4v) is 2.18. The molecule has 0 heterocycles. The molecule has 0 fully saturated rings. The summed E-state index contributed by atoms with van der Waals surface area (Å²) in [4.78, 5) is 14.3. The molecular weight excluding hydrogens is 313 g/mol. The Morgan fingerprint density at radius 2 is 1.81 bits per heavy atom. The van der Waals surface area contributed by atoms with Gasteiger partial charge in [0.25, 0.3) is 0 Å². The number of benzene rings is 1. The van der Waals surface area contributed by atoms with Gasteiger partial charge in [-0.05, 0) is 24.6 Å². The first-order chi connectivity index (χ1) is 10.1. The number of rotatable bonds is 10. The van der Waals surface area contributed by atoms with E-state index in [9.17, 15) is 4.79 Å². The summed E-state index contributed by atoms with van der Waals surface area (Å²) in [5, 5.41) is 0.842. The molecule has 4 nitrogen and oxygen atoms in total. The number of halogens is 2. The zero-order valence-corrected chi connectivity index (χ0v) is 13.9. The van der Waals surface area contributed by atoms with E-state index in [2.05, 4.69) is 0 Å². The van der Waals surface area contributed by atoms with Gasteiger partial charge in [-0.25, -0.2) is 0 Å². The number of Topliss-reactive ketones (excluding diaryl/α,β-unsaturated/α-hetero) is 1. The summed E-state index contributed by atoms with van der Waals surface area (Å²) in [6, 6.07) is 4.94. The molecular formula is C15H21Cl2NO3. The van der Waals surface area contributed by atoms with Crippen LogP contribution in [0.3, 0.4) is 0 Å². The fourth-order valence-electron chi connectivity index (χ4n) is 1.89. The molecule has 21 heavy (non-hydrogen) atoms. The molecule has 0 aliphatic carbocycles. The van der Waals surface area contributed by atoms with Crippen molar-refractivity contribution in [2.24, 2.45) is 0 Å². The molecule has 0 unspecified atom stereocenters. The Morgan fingerprint density at radius 1 is 1.10 bits per heavy atom. The van der Waals surface area contributed by atoms with E-state index in [1.165, 1.54) is 0 Å². The first-order valence-electron chi connectivity index (χ1n) is 6.77. The normalized spacial score (nSPS) is 11.1. The monoisotopic (exact) mass is 333 g/mol. The Bertz CT molecular complexity index is 455. The molecule has 0 saturated heterocycles. The molecule has 0 amide bonds. The zero-order chi connectivity index (χ0) is 15.7. The van der Waals surface area contributed by atoms with Gasteiger partial charge in [0.1, 0.15) is 0 Å². The van der Waals surface area contributed by atoms with Gasteiger partial charge >= 0.3 is 0 Å². The van der Waals surface area contributed by atoms with Crippen LogP contribution in [0.1, 0.15) is 16.8 Å². The summed E-state index contributed by atoms with van der Waals surface area (Å²) in [5.74, 6) is 0.0158. The molecule has 6 heteroatoms. The zero-order valence-electron chi connectivity index (χ0n) is 12.4. The minimum absolute atomic E-state index is 0.0158. The van der Waals surface area contributed by atoms with Crippen LogP contribution >= 0.6 is 23.2 Å². The van der Waals surface area contributed by atoms with Crippen LogP contribution in [-0.4, -0.2) is 57.8 Å². The van der Waals surface area contributed by atoms with E-state index in [0.717, 1.165) is 13.0 Å². The smallest absolute Gasteiger partial charge is 0.176 e. The van der Waals surface area contributed by atoms with Crippen molar-refractivity contribution >= 4 is 29.0 Å². The van der Waals surface area contributed by atoms with E-state index in [-0.39, 0.29) is 5.78 Å². The number of ketones is 1. The van der Waals surface area contributed by atoms with Crippen LogP contribution < -0.4 is 0 Å². The van der Waals surface area contributed by atoms with Crippen LogP contribution in [0.2, 0.25) is 10.0 Å². The number of carbonyl (C=O) groups excluding carboxylic acids is 1. The van der Waals surface area contributed by atoms with Gasteiger partial charge in [-0.1, -0.05) is 23.2 Å². The average Bonchev–Trinajstić information content (AvgIpc) is 2.47. The van der Waals surface area contributed by atoms with Gasteiger partial charge in [0.05, 0.1) is 23.2 Å². The maximum atomic E-state index is 12.3. The number of hydrogen-bond acceptors (Lipinski definition) is 4. The second kappa shape index (κ2) is 10.1. The third-order valence-corrected chi connectivity index (χ3v) is 3.78. The standard InChI is InChI=1S/C15H21Cl2NO3/c1-20-8-3-6-18(7-9-21-2)11-15(19)12-4-5-13(16)14(17)10-12/h4-5,10H,3,6-9,11H2,1-2H3. The number of ether oxygens (including phenoxy) is 2. The molecule has 1 rings (SSSR count). The second-order valence-electron chi connectivity index (χ2n) is 4.67. The van der Waals surface area contributed by atoms with Crippen molar-refractivity contribution in [2.75, 3.05) is 47.1 Å². The van der Waals surface area contributed by atoms with Gasteiger partial charge < -0.3 is 9.47 Å². The lowest BCUT2D eigenvalue weighted by atomic mass is 10.1. The Hall–Kier alpha value is -0.650. The van der Waals surface area contributed by atoms with Crippen molar-refractivity contribution in [3.05, 3.63) is 33.8 Å². The molecule has 118 valence electrons. The molecule has 0 radical (unpaired) electrons. The predicted molar refractivity (Wildman–Crippen MR) is 85.6 cm³/mol. The van der Waals surface area contributed by atoms with Crippen LogP contribution in [-0.2, 0) is 9.47 Å². The Morgan fingerprint density at radius 3 is 2.43 bits per heavy atom. The number of hydrogen-bond donors (Lipinski definition) is 0. The summed E-state index contributed by atoms with van der Waals surface area (Å²) >= 11 is 11.8. The SMILES string of the molecule is COCCCN(CCOC)CC(=O)c1ccc(Cl)c(Cl)c1. The largest absolute Gasteiger partial charge is 0.385 e. The summed E-state index contributed by atoms with van der Waals surface area (Å²) in [6.45, 7) is 3.06. The Labute approximate surface area is 135 Å². The quantitative estimate of drug-likeness (QED) is 0.487. The van der Waals surface area contributed by atoms with Gasteiger partial charge in [-0.3, -0.25) is 9.69 Å². The number of nitrogens with zero attached hydrogens (tertiary/aromatic N) is 1. The first-order valence-corrected chi connectivity index (χ1v) is 7.52. The number of carbonyl (C=O) groups is 1. The van der Waals surface area contributed by atoms with E-state index >= 15 is 0 Å². The minimum Gasteiger partial charge on any atom is -0.385 e. The van der Waals surface area contributed by atoms with E-state index in [1.807, 2.05) is 4.90 Å². The lowest BCUT2D eigenvalue weighted by molar-refractivity contribution is 0.0878. The lowest BCUT2D eigenvalue weighted by Crippen LogP contribution is -2.34. The highest BCUT2D eigenvalue weighted by Crippen LogP contribution is 2.22. The van der Waals surface area contributed by atoms with Gasteiger partial charge in [-0.2, -0.15) is 0 Å². The molecule has 0 aliphatic rings. The predicted octanol–water partition coefficient (Wildman–Crippen LogP) is 3.16. The highest BCUT2D eigenvalue weighted by Gasteiger charge is 2.13. The molecule has 1 aromatic carbocycles. The maximum absolute atomic E-state index is 12.3. The van der Waals surface area contributed by atoms with Gasteiger partial charge in [-0.15, -0.1) is 0 Å². The van der Waals surface area contributed by atoms with Gasteiger partial charge in [0.15, 0.2) is 5.78 Å².